The van der Waals surface area contributed by atoms with Crippen molar-refractivity contribution in [2.45, 2.75) is 0 Å². The minimum Gasteiger partial charge on any atom is -0.504 e. The second kappa shape index (κ2) is 6.60. The third kappa shape index (κ3) is 3.14. The number of aromatic nitrogens is 1. The predicted molar refractivity (Wildman–Crippen MR) is 98.7 cm³/mol. The van der Waals surface area contributed by atoms with Gasteiger partial charge >= 0.3 is 0 Å². The van der Waals surface area contributed by atoms with Crippen LogP contribution in [-0.4, -0.2) is 24.3 Å². The molecule has 5 N–H and O–H groups in total. The van der Waals surface area contributed by atoms with Gasteiger partial charge in [-0.15, -0.1) is 0 Å². The standard InChI is InChI=1S/C19H19N3O3/c1-24-17-9-12(3-5-15(17)20)14-7-13(10-22-19(14)21)11-4-6-16(23)18(8-11)25-2/h3-10,23H,20H2,1-2H3,(H2,21,22). The number of phenols is 1. The summed E-state index contributed by atoms with van der Waals surface area (Å²) in [6.07, 6.45) is 1.68. The molecule has 6 nitrogen and oxygen atoms in total. The van der Waals surface area contributed by atoms with Crippen LogP contribution in [0.4, 0.5) is 11.5 Å². The van der Waals surface area contributed by atoms with E-state index < -0.39 is 0 Å². The summed E-state index contributed by atoms with van der Waals surface area (Å²) in [4.78, 5) is 4.29. The Labute approximate surface area is 145 Å². The highest BCUT2D eigenvalue weighted by Crippen LogP contribution is 2.36. The molecule has 0 fully saturated rings. The number of nitrogens with two attached hydrogens (primary N) is 2. The van der Waals surface area contributed by atoms with E-state index in [-0.39, 0.29) is 5.75 Å². The lowest BCUT2D eigenvalue weighted by Crippen LogP contribution is -1.97. The first kappa shape index (κ1) is 16.4. The molecule has 0 saturated carbocycles. The van der Waals surface area contributed by atoms with E-state index in [1.165, 1.54) is 7.11 Å². The average Bonchev–Trinajstić information content (AvgIpc) is 2.63. The Kier molecular flexibility index (Phi) is 4.35. The van der Waals surface area contributed by atoms with E-state index in [2.05, 4.69) is 4.98 Å². The lowest BCUT2D eigenvalue weighted by atomic mass is 10.00. The van der Waals surface area contributed by atoms with Crippen LogP contribution in [-0.2, 0) is 0 Å². The van der Waals surface area contributed by atoms with Crippen LogP contribution in [0.1, 0.15) is 0 Å². The molecule has 0 unspecified atom stereocenters. The molecule has 2 aromatic carbocycles. The summed E-state index contributed by atoms with van der Waals surface area (Å²) >= 11 is 0. The van der Waals surface area contributed by atoms with Crippen molar-refractivity contribution in [1.29, 1.82) is 0 Å². The van der Waals surface area contributed by atoms with Crippen molar-refractivity contribution in [3.63, 3.8) is 0 Å². The van der Waals surface area contributed by atoms with E-state index in [0.29, 0.717) is 23.0 Å². The highest BCUT2D eigenvalue weighted by atomic mass is 16.5. The van der Waals surface area contributed by atoms with E-state index in [0.717, 1.165) is 22.3 Å². The van der Waals surface area contributed by atoms with Crippen molar-refractivity contribution < 1.29 is 14.6 Å². The molecular weight excluding hydrogens is 318 g/mol. The van der Waals surface area contributed by atoms with E-state index in [1.54, 1.807) is 37.6 Å². The summed E-state index contributed by atoms with van der Waals surface area (Å²) in [6.45, 7) is 0. The number of ether oxygens (including phenoxy) is 2. The van der Waals surface area contributed by atoms with Crippen LogP contribution in [0.3, 0.4) is 0 Å². The number of pyridine rings is 1. The van der Waals surface area contributed by atoms with Gasteiger partial charge < -0.3 is 26.0 Å². The van der Waals surface area contributed by atoms with Crippen LogP contribution in [0, 0.1) is 0 Å². The number of anilines is 2. The Morgan fingerprint density at radius 3 is 2.24 bits per heavy atom. The summed E-state index contributed by atoms with van der Waals surface area (Å²) in [5.74, 6) is 1.46. The highest BCUT2D eigenvalue weighted by molar-refractivity contribution is 5.81. The van der Waals surface area contributed by atoms with Gasteiger partial charge in [0.25, 0.3) is 0 Å². The van der Waals surface area contributed by atoms with Gasteiger partial charge in [0.2, 0.25) is 0 Å². The van der Waals surface area contributed by atoms with Crippen LogP contribution in [0.2, 0.25) is 0 Å². The van der Waals surface area contributed by atoms with Crippen LogP contribution in [0.25, 0.3) is 22.3 Å². The van der Waals surface area contributed by atoms with Gasteiger partial charge in [-0.2, -0.15) is 0 Å². The van der Waals surface area contributed by atoms with E-state index in [9.17, 15) is 5.11 Å². The Morgan fingerprint density at radius 2 is 1.52 bits per heavy atom. The topological polar surface area (TPSA) is 104 Å². The molecule has 0 aliphatic heterocycles. The molecule has 0 radical (unpaired) electrons. The monoisotopic (exact) mass is 337 g/mol. The summed E-state index contributed by atoms with van der Waals surface area (Å²) in [5.41, 5.74) is 15.8. The number of hydrogen-bond acceptors (Lipinski definition) is 6. The fraction of sp³-hybridized carbons (Fsp3) is 0.105. The van der Waals surface area contributed by atoms with Crippen molar-refractivity contribution in [2.75, 3.05) is 25.7 Å². The largest absolute Gasteiger partial charge is 0.504 e. The molecule has 0 amide bonds. The zero-order valence-electron chi connectivity index (χ0n) is 14.0. The molecule has 0 atom stereocenters. The molecule has 0 bridgehead atoms. The van der Waals surface area contributed by atoms with E-state index in [1.807, 2.05) is 18.2 Å². The number of phenolic OH excluding ortho intramolecular Hbond substituents is 1. The second-order valence-electron chi connectivity index (χ2n) is 5.50. The number of nitrogen functional groups attached to an aromatic ring is 2. The summed E-state index contributed by atoms with van der Waals surface area (Å²) < 4.78 is 10.4. The summed E-state index contributed by atoms with van der Waals surface area (Å²) in [5, 5.41) is 9.76. The average molecular weight is 337 g/mol. The molecule has 0 aliphatic carbocycles. The van der Waals surface area contributed by atoms with Gasteiger partial charge in [0, 0.05) is 17.3 Å². The molecular formula is C19H19N3O3. The SMILES string of the molecule is COc1cc(-c2cc(-c3ccc(O)c(OC)c3)cnc2N)ccc1N. The number of benzene rings is 2. The van der Waals surface area contributed by atoms with Crippen molar-refractivity contribution in [3.8, 4) is 39.5 Å². The maximum atomic E-state index is 9.76. The smallest absolute Gasteiger partial charge is 0.161 e. The van der Waals surface area contributed by atoms with Gasteiger partial charge in [-0.1, -0.05) is 12.1 Å². The number of nitrogens with zero attached hydrogens (tertiary/aromatic N) is 1. The molecule has 3 aromatic rings. The van der Waals surface area contributed by atoms with Gasteiger partial charge in [-0.05, 0) is 41.5 Å². The lowest BCUT2D eigenvalue weighted by Gasteiger charge is -2.12. The van der Waals surface area contributed by atoms with Gasteiger partial charge in [-0.3, -0.25) is 0 Å². The molecule has 1 aromatic heterocycles. The fourth-order valence-corrected chi connectivity index (χ4v) is 2.60. The predicted octanol–water partition coefficient (Wildman–Crippen LogP) is 3.30. The van der Waals surface area contributed by atoms with Crippen molar-refractivity contribution in [3.05, 3.63) is 48.7 Å². The first-order valence-corrected chi connectivity index (χ1v) is 7.60. The Morgan fingerprint density at radius 1 is 0.840 bits per heavy atom. The summed E-state index contributed by atoms with van der Waals surface area (Å²) in [6, 6.07) is 12.5. The quantitative estimate of drug-likeness (QED) is 0.631. The molecule has 6 heteroatoms. The third-order valence-electron chi connectivity index (χ3n) is 3.98. The molecule has 1 heterocycles. The molecule has 3 rings (SSSR count). The zero-order valence-corrected chi connectivity index (χ0v) is 14.0. The molecule has 0 saturated heterocycles. The number of rotatable bonds is 4. The van der Waals surface area contributed by atoms with Crippen LogP contribution < -0.4 is 20.9 Å². The second-order valence-corrected chi connectivity index (χ2v) is 5.50. The number of aromatic hydroxyl groups is 1. The van der Waals surface area contributed by atoms with Crippen molar-refractivity contribution in [1.82, 2.24) is 4.98 Å². The highest BCUT2D eigenvalue weighted by Gasteiger charge is 2.11. The Bertz CT molecular complexity index is 926. The Hall–Kier alpha value is -3.41. The van der Waals surface area contributed by atoms with Crippen LogP contribution in [0.5, 0.6) is 17.2 Å². The van der Waals surface area contributed by atoms with Gasteiger partial charge in [0.05, 0.1) is 19.9 Å². The molecule has 128 valence electrons. The minimum absolute atomic E-state index is 0.0816. The van der Waals surface area contributed by atoms with Gasteiger partial charge in [0.1, 0.15) is 11.6 Å². The van der Waals surface area contributed by atoms with E-state index in [4.69, 9.17) is 20.9 Å². The minimum atomic E-state index is 0.0816. The van der Waals surface area contributed by atoms with Crippen LogP contribution in [0.15, 0.2) is 48.7 Å². The molecule has 0 spiro atoms. The number of hydrogen-bond donors (Lipinski definition) is 3. The first-order chi connectivity index (χ1) is 12.0. The third-order valence-corrected chi connectivity index (χ3v) is 3.98. The van der Waals surface area contributed by atoms with Gasteiger partial charge in [0.15, 0.2) is 11.5 Å². The normalized spacial score (nSPS) is 10.5. The maximum absolute atomic E-state index is 9.76. The lowest BCUT2D eigenvalue weighted by molar-refractivity contribution is 0.373. The van der Waals surface area contributed by atoms with Gasteiger partial charge in [-0.25, -0.2) is 4.98 Å². The number of methoxy groups -OCH3 is 2. The zero-order chi connectivity index (χ0) is 18.0. The molecule has 0 aliphatic rings. The van der Waals surface area contributed by atoms with E-state index >= 15 is 0 Å². The first-order valence-electron chi connectivity index (χ1n) is 7.60. The summed E-state index contributed by atoms with van der Waals surface area (Å²) in [7, 11) is 3.07. The maximum Gasteiger partial charge on any atom is 0.161 e. The molecule has 25 heavy (non-hydrogen) atoms. The van der Waals surface area contributed by atoms with Crippen molar-refractivity contribution in [2.24, 2.45) is 0 Å². The van der Waals surface area contributed by atoms with Crippen LogP contribution >= 0.6 is 0 Å². The Balaban J connectivity index is 2.10. The van der Waals surface area contributed by atoms with Crippen molar-refractivity contribution >= 4 is 11.5 Å². The fourth-order valence-electron chi connectivity index (χ4n) is 2.60.